The molecule has 0 aliphatic carbocycles. The molecule has 0 saturated heterocycles. The van der Waals surface area contributed by atoms with Crippen LogP contribution in [0.3, 0.4) is 0 Å². The second-order valence-corrected chi connectivity index (χ2v) is 5.49. The molecule has 7 heteroatoms. The molecule has 0 spiro atoms. The third-order valence-corrected chi connectivity index (χ3v) is 3.88. The maximum Gasteiger partial charge on any atom is 0.189 e. The Kier molecular flexibility index (Phi) is 6.58. The first kappa shape index (κ1) is 19.0. The Labute approximate surface area is 162 Å². The van der Waals surface area contributed by atoms with Crippen molar-refractivity contribution in [3.05, 3.63) is 65.0 Å². The third-order valence-electron chi connectivity index (χ3n) is 3.88. The maximum atomic E-state index is 13.8. The molecule has 3 rings (SSSR count). The van der Waals surface area contributed by atoms with Crippen LogP contribution >= 0.6 is 24.0 Å². The highest BCUT2D eigenvalue weighted by Crippen LogP contribution is 2.31. The minimum atomic E-state index is -0.456. The Morgan fingerprint density at radius 2 is 2.16 bits per heavy atom. The third kappa shape index (κ3) is 4.60. The van der Waals surface area contributed by atoms with E-state index < -0.39 is 5.82 Å². The number of nitriles is 1. The summed E-state index contributed by atoms with van der Waals surface area (Å²) in [6.45, 7) is 0.716. The number of nitrogens with zero attached hydrogens (tertiary/aromatic N) is 2. The summed E-state index contributed by atoms with van der Waals surface area (Å²) in [6, 6.07) is 14.0. The summed E-state index contributed by atoms with van der Waals surface area (Å²) < 4.78 is 19.5. The maximum absolute atomic E-state index is 13.8. The molecule has 1 aliphatic rings. The molecular formula is C18H18FIN4O. The molecule has 2 aromatic carbocycles. The summed E-state index contributed by atoms with van der Waals surface area (Å²) in [7, 11) is 0. The van der Waals surface area contributed by atoms with Crippen LogP contribution in [0.1, 0.15) is 29.2 Å². The van der Waals surface area contributed by atoms with E-state index in [1.54, 1.807) is 12.1 Å². The van der Waals surface area contributed by atoms with Crippen molar-refractivity contribution in [2.75, 3.05) is 6.61 Å². The fourth-order valence-corrected chi connectivity index (χ4v) is 2.63. The van der Waals surface area contributed by atoms with Crippen molar-refractivity contribution in [1.29, 1.82) is 5.26 Å². The second-order valence-electron chi connectivity index (χ2n) is 5.49. The molecule has 0 radical (unpaired) electrons. The second kappa shape index (κ2) is 8.67. The number of rotatable bonds is 3. The topological polar surface area (TPSA) is 83.4 Å². The first-order valence-electron chi connectivity index (χ1n) is 7.64. The van der Waals surface area contributed by atoms with Crippen LogP contribution in [0.5, 0.6) is 5.75 Å². The molecule has 0 aromatic heterocycles. The van der Waals surface area contributed by atoms with E-state index in [1.807, 2.05) is 30.3 Å². The number of aliphatic imine (C=N–C) groups is 1. The van der Waals surface area contributed by atoms with Gasteiger partial charge in [-0.2, -0.15) is 5.26 Å². The number of benzene rings is 2. The summed E-state index contributed by atoms with van der Waals surface area (Å²) in [6.07, 6.45) is 0.776. The van der Waals surface area contributed by atoms with Crippen molar-refractivity contribution < 1.29 is 9.13 Å². The molecule has 1 unspecified atom stereocenters. The largest absolute Gasteiger partial charge is 0.493 e. The van der Waals surface area contributed by atoms with Crippen LogP contribution < -0.4 is 15.8 Å². The smallest absolute Gasteiger partial charge is 0.189 e. The van der Waals surface area contributed by atoms with E-state index in [-0.39, 0.29) is 48.1 Å². The molecule has 0 amide bonds. The van der Waals surface area contributed by atoms with Crippen LogP contribution in [0, 0.1) is 17.1 Å². The zero-order valence-corrected chi connectivity index (χ0v) is 15.7. The number of fused-ring (bicyclic) bond motifs is 1. The van der Waals surface area contributed by atoms with E-state index in [0.29, 0.717) is 12.2 Å². The molecule has 1 aliphatic heterocycles. The van der Waals surface area contributed by atoms with Crippen LogP contribution in [0.25, 0.3) is 0 Å². The van der Waals surface area contributed by atoms with Gasteiger partial charge in [0.05, 0.1) is 30.8 Å². The van der Waals surface area contributed by atoms with E-state index in [4.69, 9.17) is 15.7 Å². The van der Waals surface area contributed by atoms with Gasteiger partial charge in [-0.15, -0.1) is 24.0 Å². The fraction of sp³-hybridized carbons (Fsp3) is 0.222. The summed E-state index contributed by atoms with van der Waals surface area (Å²) in [4.78, 5) is 4.20. The van der Waals surface area contributed by atoms with E-state index in [0.717, 1.165) is 17.7 Å². The average molecular weight is 452 g/mol. The lowest BCUT2D eigenvalue weighted by atomic mass is 10.0. The normalized spacial score (nSPS) is 16.0. The molecule has 25 heavy (non-hydrogen) atoms. The summed E-state index contributed by atoms with van der Waals surface area (Å²) >= 11 is 0. The Hall–Kier alpha value is -2.34. The molecule has 5 nitrogen and oxygen atoms in total. The molecule has 1 atom stereocenters. The summed E-state index contributed by atoms with van der Waals surface area (Å²) in [5.74, 6) is 0.634. The van der Waals surface area contributed by atoms with Gasteiger partial charge in [0.1, 0.15) is 11.6 Å². The number of para-hydroxylation sites is 1. The molecule has 0 fully saturated rings. The van der Waals surface area contributed by atoms with E-state index >= 15 is 0 Å². The van der Waals surface area contributed by atoms with Gasteiger partial charge in [0.2, 0.25) is 0 Å². The minimum Gasteiger partial charge on any atom is -0.493 e. The highest BCUT2D eigenvalue weighted by Gasteiger charge is 2.21. The first-order valence-corrected chi connectivity index (χ1v) is 7.64. The van der Waals surface area contributed by atoms with Gasteiger partial charge in [0.15, 0.2) is 5.96 Å². The molecule has 1 heterocycles. The SMILES string of the molecule is I.N#Cc1ccc(CN=C(N)NC2CCOc3ccccc32)c(F)c1. The zero-order valence-electron chi connectivity index (χ0n) is 13.4. The average Bonchev–Trinajstić information content (AvgIpc) is 2.61. The van der Waals surface area contributed by atoms with Crippen molar-refractivity contribution in [2.24, 2.45) is 10.7 Å². The highest BCUT2D eigenvalue weighted by atomic mass is 127. The lowest BCUT2D eigenvalue weighted by molar-refractivity contribution is 0.262. The zero-order chi connectivity index (χ0) is 16.9. The van der Waals surface area contributed by atoms with Crippen molar-refractivity contribution in [3.63, 3.8) is 0 Å². The van der Waals surface area contributed by atoms with E-state index in [9.17, 15) is 4.39 Å². The predicted octanol–water partition coefficient (Wildman–Crippen LogP) is 3.24. The predicted molar refractivity (Wildman–Crippen MR) is 104 cm³/mol. The lowest BCUT2D eigenvalue weighted by Crippen LogP contribution is -2.37. The number of halogens is 2. The highest BCUT2D eigenvalue weighted by molar-refractivity contribution is 14.0. The monoisotopic (exact) mass is 452 g/mol. The lowest BCUT2D eigenvalue weighted by Gasteiger charge is -2.26. The minimum absolute atomic E-state index is 0. The standard InChI is InChI=1S/C18H17FN4O.HI/c19-15-9-12(10-20)5-6-13(15)11-22-18(21)23-16-7-8-24-17-4-2-1-3-14(16)17;/h1-6,9,16H,7-8,11H2,(H3,21,22,23);1H. The van der Waals surface area contributed by atoms with Gasteiger partial charge in [-0.3, -0.25) is 0 Å². The van der Waals surface area contributed by atoms with Crippen LogP contribution in [-0.4, -0.2) is 12.6 Å². The van der Waals surface area contributed by atoms with Crippen LogP contribution in [0.15, 0.2) is 47.5 Å². The molecule has 130 valence electrons. The number of nitrogens with two attached hydrogens (primary N) is 1. The molecule has 0 saturated carbocycles. The van der Waals surface area contributed by atoms with Gasteiger partial charge in [0.25, 0.3) is 0 Å². The van der Waals surface area contributed by atoms with Gasteiger partial charge in [0, 0.05) is 17.5 Å². The van der Waals surface area contributed by atoms with Crippen molar-refractivity contribution >= 4 is 29.9 Å². The van der Waals surface area contributed by atoms with Crippen molar-refractivity contribution in [2.45, 2.75) is 19.0 Å². The Morgan fingerprint density at radius 3 is 2.92 bits per heavy atom. The number of guanidine groups is 1. The van der Waals surface area contributed by atoms with Gasteiger partial charge < -0.3 is 15.8 Å². The van der Waals surface area contributed by atoms with Gasteiger partial charge in [-0.1, -0.05) is 24.3 Å². The van der Waals surface area contributed by atoms with Gasteiger partial charge >= 0.3 is 0 Å². The van der Waals surface area contributed by atoms with Crippen LogP contribution in [-0.2, 0) is 6.54 Å². The Morgan fingerprint density at radius 1 is 1.36 bits per heavy atom. The van der Waals surface area contributed by atoms with Gasteiger partial charge in [-0.05, 0) is 18.2 Å². The number of hydrogen-bond donors (Lipinski definition) is 2. The summed E-state index contributed by atoms with van der Waals surface area (Å²) in [5.41, 5.74) is 7.65. The summed E-state index contributed by atoms with van der Waals surface area (Å²) in [5, 5.41) is 11.9. The van der Waals surface area contributed by atoms with Crippen molar-refractivity contribution in [3.8, 4) is 11.8 Å². The first-order chi connectivity index (χ1) is 11.7. The Balaban J connectivity index is 0.00000225. The van der Waals surface area contributed by atoms with E-state index in [2.05, 4.69) is 10.3 Å². The van der Waals surface area contributed by atoms with Crippen LogP contribution in [0.4, 0.5) is 4.39 Å². The molecule has 2 aromatic rings. The van der Waals surface area contributed by atoms with Gasteiger partial charge in [-0.25, -0.2) is 9.38 Å². The molecule has 0 bridgehead atoms. The number of nitrogens with one attached hydrogen (secondary N) is 1. The number of ether oxygens (including phenoxy) is 1. The quantitative estimate of drug-likeness (QED) is 0.426. The van der Waals surface area contributed by atoms with E-state index in [1.165, 1.54) is 6.07 Å². The number of hydrogen-bond acceptors (Lipinski definition) is 3. The van der Waals surface area contributed by atoms with Crippen LogP contribution in [0.2, 0.25) is 0 Å². The molecular weight excluding hydrogens is 434 g/mol. The fourth-order valence-electron chi connectivity index (χ4n) is 2.63. The Bertz CT molecular complexity index is 819. The molecule has 3 N–H and O–H groups in total. The van der Waals surface area contributed by atoms with Crippen molar-refractivity contribution in [1.82, 2.24) is 5.32 Å².